The van der Waals surface area contributed by atoms with Crippen molar-refractivity contribution in [3.63, 3.8) is 0 Å². The fourth-order valence-electron chi connectivity index (χ4n) is 2.64. The maximum atomic E-state index is 13.6. The highest BCUT2D eigenvalue weighted by atomic mass is 35.5. The van der Waals surface area contributed by atoms with Crippen molar-refractivity contribution < 1.29 is 22.7 Å². The maximum Gasteiger partial charge on any atom is 0.408 e. The van der Waals surface area contributed by atoms with E-state index in [9.17, 15) is 13.6 Å². The number of hydrogen-bond donors (Lipinski definition) is 1. The lowest BCUT2D eigenvalue weighted by molar-refractivity contribution is 0.0499. The quantitative estimate of drug-likeness (QED) is 0.582. The van der Waals surface area contributed by atoms with Gasteiger partial charge in [0.2, 0.25) is 11.4 Å². The number of hydrogen-bond acceptors (Lipinski definition) is 5. The number of nitrogens with zero attached hydrogens (tertiary/aromatic N) is 2. The van der Waals surface area contributed by atoms with E-state index < -0.39 is 29.4 Å². The van der Waals surface area contributed by atoms with Gasteiger partial charge in [-0.2, -0.15) is 0 Å². The van der Waals surface area contributed by atoms with Gasteiger partial charge in [0.15, 0.2) is 0 Å². The molecule has 0 fully saturated rings. The van der Waals surface area contributed by atoms with Gasteiger partial charge in [0, 0.05) is 6.07 Å². The lowest BCUT2D eigenvalue weighted by Gasteiger charge is -2.21. The zero-order valence-corrected chi connectivity index (χ0v) is 17.6. The largest absolute Gasteiger partial charge is 0.444 e. The molecule has 158 valence electrons. The minimum atomic E-state index is -0.779. The summed E-state index contributed by atoms with van der Waals surface area (Å²) in [6, 6.07) is 7.18. The van der Waals surface area contributed by atoms with Crippen LogP contribution in [-0.4, -0.2) is 16.7 Å². The number of nitrogens with one attached hydrogen (secondary N) is 1. The van der Waals surface area contributed by atoms with Crippen LogP contribution in [0.25, 0.3) is 10.9 Å². The van der Waals surface area contributed by atoms with E-state index in [2.05, 4.69) is 15.3 Å². The molecule has 1 atom stereocenters. The van der Waals surface area contributed by atoms with E-state index in [0.29, 0.717) is 15.9 Å². The van der Waals surface area contributed by atoms with E-state index in [1.54, 1.807) is 45.9 Å². The van der Waals surface area contributed by atoms with Gasteiger partial charge in [-0.3, -0.25) is 0 Å². The number of carbonyl (C=O) groups excluding carboxylic acids is 1. The van der Waals surface area contributed by atoms with E-state index in [1.165, 1.54) is 0 Å². The number of aromatic nitrogens is 1. The number of halogens is 3. The summed E-state index contributed by atoms with van der Waals surface area (Å²) >= 11 is 6.28. The Morgan fingerprint density at radius 1 is 1.23 bits per heavy atom. The van der Waals surface area contributed by atoms with Gasteiger partial charge in [-0.25, -0.2) is 23.6 Å². The summed E-state index contributed by atoms with van der Waals surface area (Å²) in [6.45, 7) is 6.88. The van der Waals surface area contributed by atoms with Crippen molar-refractivity contribution in [1.82, 2.24) is 10.3 Å². The molecule has 6 nitrogen and oxygen atoms in total. The van der Waals surface area contributed by atoms with Gasteiger partial charge in [-0.05, 0) is 52.0 Å². The molecule has 1 amide bonds. The van der Waals surface area contributed by atoms with Crippen LogP contribution in [-0.2, 0) is 4.74 Å². The summed E-state index contributed by atoms with van der Waals surface area (Å²) in [4.78, 5) is 20.7. The Hall–Kier alpha value is -3.00. The number of benzene rings is 2. The first-order chi connectivity index (χ1) is 14.0. The third-order valence-corrected chi connectivity index (χ3v) is 4.13. The van der Waals surface area contributed by atoms with Crippen molar-refractivity contribution in [2.75, 3.05) is 0 Å². The summed E-state index contributed by atoms with van der Waals surface area (Å²) in [5, 5.41) is 3.31. The Bertz CT molecular complexity index is 1150. The van der Waals surface area contributed by atoms with Crippen LogP contribution in [0.5, 0.6) is 0 Å². The first-order valence-corrected chi connectivity index (χ1v) is 9.49. The van der Waals surface area contributed by atoms with Crippen LogP contribution in [0.4, 0.5) is 19.3 Å². The standard InChI is InChI=1S/C21H20ClF2N3O3/c1-11(25-20(28)30-21(2,3)4)18-27-16-7-5-6-15(22)17(16)19(29-18)26-14-9-12(23)8-13(24)10-14/h5-11H,1-4H3,(H,25,28)/b26-19-. The first kappa shape index (κ1) is 21.7. The lowest BCUT2D eigenvalue weighted by atomic mass is 10.2. The van der Waals surface area contributed by atoms with Gasteiger partial charge in [0.25, 0.3) is 0 Å². The molecule has 2 aromatic carbocycles. The SMILES string of the molecule is CC(NC(=O)OC(C)(C)C)c1nc2cccc(Cl)c2/c(=N/c2cc(F)cc(F)c2)o1. The van der Waals surface area contributed by atoms with Gasteiger partial charge >= 0.3 is 6.09 Å². The van der Waals surface area contributed by atoms with Crippen LogP contribution in [0.15, 0.2) is 45.8 Å². The molecule has 1 N–H and O–H groups in total. The predicted octanol–water partition coefficient (Wildman–Crippen LogP) is 5.58. The fourth-order valence-corrected chi connectivity index (χ4v) is 2.89. The normalized spacial score (nSPS) is 13.4. The highest BCUT2D eigenvalue weighted by Gasteiger charge is 2.21. The average molecular weight is 436 g/mol. The zero-order valence-electron chi connectivity index (χ0n) is 16.8. The van der Waals surface area contributed by atoms with Crippen molar-refractivity contribution in [2.45, 2.75) is 39.3 Å². The summed E-state index contributed by atoms with van der Waals surface area (Å²) in [5.41, 5.74) is -0.226. The molecular formula is C21H20ClF2N3O3. The number of fused-ring (bicyclic) bond motifs is 1. The predicted molar refractivity (Wildman–Crippen MR) is 108 cm³/mol. The van der Waals surface area contributed by atoms with Gasteiger partial charge in [0.05, 0.1) is 21.6 Å². The van der Waals surface area contributed by atoms with Crippen molar-refractivity contribution in [3.05, 3.63) is 64.5 Å². The molecule has 3 rings (SSSR count). The van der Waals surface area contributed by atoms with Gasteiger partial charge < -0.3 is 14.5 Å². The average Bonchev–Trinajstić information content (AvgIpc) is 2.58. The number of amides is 1. The molecule has 30 heavy (non-hydrogen) atoms. The van der Waals surface area contributed by atoms with Gasteiger partial charge in [-0.15, -0.1) is 0 Å². The highest BCUT2D eigenvalue weighted by Crippen LogP contribution is 2.22. The molecule has 0 aliphatic carbocycles. The minimum Gasteiger partial charge on any atom is -0.444 e. The molecule has 1 heterocycles. The van der Waals surface area contributed by atoms with Crippen LogP contribution in [0.2, 0.25) is 5.02 Å². The Morgan fingerprint density at radius 3 is 2.53 bits per heavy atom. The molecule has 1 aromatic heterocycles. The van der Waals surface area contributed by atoms with Crippen LogP contribution in [0.3, 0.4) is 0 Å². The van der Waals surface area contributed by atoms with E-state index in [4.69, 9.17) is 20.8 Å². The summed E-state index contributed by atoms with van der Waals surface area (Å²) in [7, 11) is 0. The summed E-state index contributed by atoms with van der Waals surface area (Å²) in [5.74, 6) is -1.44. The Balaban J connectivity index is 2.10. The van der Waals surface area contributed by atoms with Crippen molar-refractivity contribution >= 4 is 34.3 Å². The molecule has 0 aliphatic rings. The number of rotatable bonds is 3. The van der Waals surface area contributed by atoms with E-state index in [1.807, 2.05) is 0 Å². The third kappa shape index (κ3) is 5.33. The second-order valence-corrected chi connectivity index (χ2v) is 8.01. The molecule has 0 spiro atoms. The van der Waals surface area contributed by atoms with Crippen molar-refractivity contribution in [2.24, 2.45) is 4.99 Å². The molecule has 0 bridgehead atoms. The second-order valence-electron chi connectivity index (χ2n) is 7.60. The van der Waals surface area contributed by atoms with Crippen LogP contribution in [0, 0.1) is 11.6 Å². The molecule has 1 unspecified atom stereocenters. The van der Waals surface area contributed by atoms with Crippen LogP contribution < -0.4 is 10.9 Å². The fraction of sp³-hybridized carbons (Fsp3) is 0.286. The number of alkyl carbamates (subject to hydrolysis) is 1. The Morgan fingerprint density at radius 2 is 1.90 bits per heavy atom. The third-order valence-electron chi connectivity index (χ3n) is 3.82. The molecule has 0 aliphatic heterocycles. The van der Waals surface area contributed by atoms with E-state index in [0.717, 1.165) is 18.2 Å². The molecule has 0 radical (unpaired) electrons. The van der Waals surface area contributed by atoms with E-state index in [-0.39, 0.29) is 17.1 Å². The summed E-state index contributed by atoms with van der Waals surface area (Å²) < 4.78 is 38.2. The Kier molecular flexibility index (Phi) is 6.07. The first-order valence-electron chi connectivity index (χ1n) is 9.11. The molecule has 3 aromatic rings. The highest BCUT2D eigenvalue weighted by molar-refractivity contribution is 6.35. The lowest BCUT2D eigenvalue weighted by Crippen LogP contribution is -2.34. The van der Waals surface area contributed by atoms with Gasteiger partial charge in [-0.1, -0.05) is 17.7 Å². The van der Waals surface area contributed by atoms with E-state index >= 15 is 0 Å². The molecule has 0 saturated carbocycles. The van der Waals surface area contributed by atoms with Crippen molar-refractivity contribution in [3.8, 4) is 0 Å². The van der Waals surface area contributed by atoms with Crippen LogP contribution >= 0.6 is 11.6 Å². The van der Waals surface area contributed by atoms with Gasteiger partial charge in [0.1, 0.15) is 23.3 Å². The smallest absolute Gasteiger partial charge is 0.408 e. The molecule has 9 heteroatoms. The van der Waals surface area contributed by atoms with Crippen molar-refractivity contribution in [1.29, 1.82) is 0 Å². The Labute approximate surface area is 176 Å². The number of ether oxygens (including phenoxy) is 1. The number of carbonyl (C=O) groups is 1. The molecular weight excluding hydrogens is 416 g/mol. The molecule has 0 saturated heterocycles. The minimum absolute atomic E-state index is 0.00220. The monoisotopic (exact) mass is 435 g/mol. The van der Waals surface area contributed by atoms with Crippen LogP contribution in [0.1, 0.15) is 39.6 Å². The maximum absolute atomic E-state index is 13.6. The topological polar surface area (TPSA) is 76.7 Å². The zero-order chi connectivity index (χ0) is 22.1. The second kappa shape index (κ2) is 8.39. The summed E-state index contributed by atoms with van der Waals surface area (Å²) in [6.07, 6.45) is -0.649.